The standard InChI is InChI=1S/C18H28ClNO/c1-5-18(3,4)15-9-14(8-12(2)20)17(16(19)10-15)21-11-13-6-7-13/h9-10,12-13H,5-8,11,20H2,1-4H3. The Labute approximate surface area is 134 Å². The molecular weight excluding hydrogens is 282 g/mol. The van der Waals surface area contributed by atoms with Crippen LogP contribution < -0.4 is 10.5 Å². The van der Waals surface area contributed by atoms with Crippen molar-refractivity contribution in [1.82, 2.24) is 0 Å². The van der Waals surface area contributed by atoms with Crippen molar-refractivity contribution in [2.45, 2.75) is 64.8 Å². The molecule has 1 aliphatic rings. The van der Waals surface area contributed by atoms with Crippen molar-refractivity contribution in [3.8, 4) is 5.75 Å². The molecule has 1 saturated carbocycles. The number of rotatable bonds is 7. The van der Waals surface area contributed by atoms with Crippen LogP contribution in [-0.2, 0) is 11.8 Å². The van der Waals surface area contributed by atoms with Gasteiger partial charge in [0.05, 0.1) is 11.6 Å². The molecule has 0 bridgehead atoms. The van der Waals surface area contributed by atoms with E-state index >= 15 is 0 Å². The summed E-state index contributed by atoms with van der Waals surface area (Å²) in [6.07, 6.45) is 4.43. The molecule has 1 unspecified atom stereocenters. The van der Waals surface area contributed by atoms with Gasteiger partial charge in [-0.1, -0.05) is 38.4 Å². The second-order valence-corrected chi connectivity index (χ2v) is 7.53. The van der Waals surface area contributed by atoms with Crippen molar-refractivity contribution >= 4 is 11.6 Å². The second kappa shape index (κ2) is 6.58. The molecule has 0 heterocycles. The summed E-state index contributed by atoms with van der Waals surface area (Å²) in [5.74, 6) is 1.56. The Morgan fingerprint density at radius 1 is 1.38 bits per heavy atom. The maximum absolute atomic E-state index is 6.52. The highest BCUT2D eigenvalue weighted by Crippen LogP contribution is 2.38. The van der Waals surface area contributed by atoms with Gasteiger partial charge in [-0.05, 0) is 61.1 Å². The van der Waals surface area contributed by atoms with Gasteiger partial charge in [-0.3, -0.25) is 0 Å². The fraction of sp³-hybridized carbons (Fsp3) is 0.667. The van der Waals surface area contributed by atoms with Gasteiger partial charge in [0.15, 0.2) is 0 Å². The molecule has 0 spiro atoms. The first-order valence-corrected chi connectivity index (χ1v) is 8.42. The van der Waals surface area contributed by atoms with Gasteiger partial charge < -0.3 is 10.5 Å². The van der Waals surface area contributed by atoms with Crippen LogP contribution in [0.3, 0.4) is 0 Å². The van der Waals surface area contributed by atoms with Crippen molar-refractivity contribution in [1.29, 1.82) is 0 Å². The molecule has 1 fully saturated rings. The molecule has 1 aromatic rings. The maximum atomic E-state index is 6.52. The highest BCUT2D eigenvalue weighted by molar-refractivity contribution is 6.32. The summed E-state index contributed by atoms with van der Waals surface area (Å²) >= 11 is 6.52. The summed E-state index contributed by atoms with van der Waals surface area (Å²) in [4.78, 5) is 0. The molecule has 0 amide bonds. The molecular formula is C18H28ClNO. The van der Waals surface area contributed by atoms with E-state index in [0.717, 1.165) is 41.7 Å². The zero-order valence-corrected chi connectivity index (χ0v) is 14.5. The van der Waals surface area contributed by atoms with Crippen molar-refractivity contribution in [3.63, 3.8) is 0 Å². The topological polar surface area (TPSA) is 35.2 Å². The average Bonchev–Trinajstić information content (AvgIpc) is 3.20. The Balaban J connectivity index is 2.32. The zero-order valence-electron chi connectivity index (χ0n) is 13.7. The van der Waals surface area contributed by atoms with Crippen LogP contribution >= 0.6 is 11.6 Å². The molecule has 21 heavy (non-hydrogen) atoms. The van der Waals surface area contributed by atoms with E-state index in [0.29, 0.717) is 0 Å². The lowest BCUT2D eigenvalue weighted by atomic mass is 9.81. The number of hydrogen-bond acceptors (Lipinski definition) is 2. The number of hydrogen-bond donors (Lipinski definition) is 1. The van der Waals surface area contributed by atoms with E-state index in [1.165, 1.54) is 18.4 Å². The number of benzene rings is 1. The number of nitrogens with two attached hydrogens (primary N) is 1. The van der Waals surface area contributed by atoms with E-state index in [-0.39, 0.29) is 11.5 Å². The van der Waals surface area contributed by atoms with E-state index in [2.05, 4.69) is 32.9 Å². The Bertz CT molecular complexity index is 492. The Hall–Kier alpha value is -0.730. The molecule has 3 heteroatoms. The molecule has 1 atom stereocenters. The van der Waals surface area contributed by atoms with Gasteiger partial charge in [0, 0.05) is 6.04 Å². The summed E-state index contributed by atoms with van der Waals surface area (Å²) in [6, 6.07) is 4.41. The minimum absolute atomic E-state index is 0.101. The molecule has 2 rings (SSSR count). The molecule has 0 saturated heterocycles. The summed E-state index contributed by atoms with van der Waals surface area (Å²) < 4.78 is 6.01. The quantitative estimate of drug-likeness (QED) is 0.792. The Kier molecular flexibility index (Phi) is 5.21. The zero-order chi connectivity index (χ0) is 15.6. The second-order valence-electron chi connectivity index (χ2n) is 7.12. The minimum atomic E-state index is 0.101. The van der Waals surface area contributed by atoms with Crippen LogP contribution in [0, 0.1) is 5.92 Å². The third-order valence-corrected chi connectivity index (χ3v) is 4.77. The van der Waals surface area contributed by atoms with Crippen LogP contribution in [0.5, 0.6) is 5.75 Å². The van der Waals surface area contributed by atoms with E-state index in [1.54, 1.807) is 0 Å². The van der Waals surface area contributed by atoms with Crippen molar-refractivity contribution in [2.75, 3.05) is 6.61 Å². The van der Waals surface area contributed by atoms with Gasteiger partial charge >= 0.3 is 0 Å². The SMILES string of the molecule is CCC(C)(C)c1cc(Cl)c(OCC2CC2)c(CC(C)N)c1. The predicted octanol–water partition coefficient (Wildman–Crippen LogP) is 4.71. The summed E-state index contributed by atoms with van der Waals surface area (Å²) in [5, 5.41) is 0.727. The third-order valence-electron chi connectivity index (χ3n) is 4.49. The first kappa shape index (κ1) is 16.6. The van der Waals surface area contributed by atoms with E-state index < -0.39 is 0 Å². The van der Waals surface area contributed by atoms with Gasteiger partial charge in [-0.25, -0.2) is 0 Å². The number of ether oxygens (including phenoxy) is 1. The van der Waals surface area contributed by atoms with Crippen LogP contribution in [0.1, 0.15) is 58.1 Å². The van der Waals surface area contributed by atoms with Crippen molar-refractivity contribution in [2.24, 2.45) is 11.7 Å². The van der Waals surface area contributed by atoms with Gasteiger partial charge in [-0.2, -0.15) is 0 Å². The first-order valence-electron chi connectivity index (χ1n) is 8.04. The molecule has 118 valence electrons. The Morgan fingerprint density at radius 2 is 2.05 bits per heavy atom. The maximum Gasteiger partial charge on any atom is 0.141 e. The molecule has 0 aromatic heterocycles. The summed E-state index contributed by atoms with van der Waals surface area (Å²) in [5.41, 5.74) is 8.54. The fourth-order valence-electron chi connectivity index (χ4n) is 2.39. The van der Waals surface area contributed by atoms with Crippen molar-refractivity contribution < 1.29 is 4.74 Å². The first-order chi connectivity index (χ1) is 9.83. The van der Waals surface area contributed by atoms with E-state index in [1.807, 2.05) is 6.92 Å². The molecule has 2 nitrogen and oxygen atoms in total. The molecule has 0 radical (unpaired) electrons. The van der Waals surface area contributed by atoms with Crippen LogP contribution in [0.4, 0.5) is 0 Å². The van der Waals surface area contributed by atoms with Crippen molar-refractivity contribution in [3.05, 3.63) is 28.3 Å². The smallest absolute Gasteiger partial charge is 0.141 e. The number of halogens is 1. The third kappa shape index (κ3) is 4.37. The van der Waals surface area contributed by atoms with Gasteiger partial charge in [0.25, 0.3) is 0 Å². The summed E-state index contributed by atoms with van der Waals surface area (Å²) in [7, 11) is 0. The Morgan fingerprint density at radius 3 is 2.57 bits per heavy atom. The van der Waals surface area contributed by atoms with Gasteiger partial charge in [0.1, 0.15) is 5.75 Å². The lowest BCUT2D eigenvalue weighted by Gasteiger charge is -2.26. The van der Waals surface area contributed by atoms with Gasteiger partial charge in [-0.15, -0.1) is 0 Å². The average molecular weight is 310 g/mol. The summed E-state index contributed by atoms with van der Waals surface area (Å²) in [6.45, 7) is 9.51. The van der Waals surface area contributed by atoms with Gasteiger partial charge in [0.2, 0.25) is 0 Å². The lowest BCUT2D eigenvalue weighted by molar-refractivity contribution is 0.296. The highest BCUT2D eigenvalue weighted by atomic mass is 35.5. The monoisotopic (exact) mass is 309 g/mol. The normalized spacial score (nSPS) is 16.9. The predicted molar refractivity (Wildman–Crippen MR) is 90.3 cm³/mol. The van der Waals surface area contributed by atoms with Crippen LogP contribution in [-0.4, -0.2) is 12.6 Å². The minimum Gasteiger partial charge on any atom is -0.491 e. The molecule has 1 aromatic carbocycles. The lowest BCUT2D eigenvalue weighted by Crippen LogP contribution is -2.21. The molecule has 1 aliphatic carbocycles. The van der Waals surface area contributed by atoms with E-state index in [4.69, 9.17) is 22.1 Å². The van der Waals surface area contributed by atoms with Crippen LogP contribution in [0.25, 0.3) is 0 Å². The fourth-order valence-corrected chi connectivity index (χ4v) is 2.68. The largest absolute Gasteiger partial charge is 0.491 e. The highest BCUT2D eigenvalue weighted by Gasteiger charge is 2.25. The molecule has 2 N–H and O–H groups in total. The van der Waals surface area contributed by atoms with Crippen LogP contribution in [0.15, 0.2) is 12.1 Å². The molecule has 0 aliphatic heterocycles. The van der Waals surface area contributed by atoms with Crippen LogP contribution in [0.2, 0.25) is 5.02 Å². The van der Waals surface area contributed by atoms with E-state index in [9.17, 15) is 0 Å².